The van der Waals surface area contributed by atoms with E-state index in [0.29, 0.717) is 12.1 Å². The van der Waals surface area contributed by atoms with Crippen LogP contribution in [0.3, 0.4) is 0 Å². The van der Waals surface area contributed by atoms with Crippen LogP contribution in [0.4, 0.5) is 5.69 Å². The van der Waals surface area contributed by atoms with Gasteiger partial charge in [-0.15, -0.1) is 11.8 Å². The number of esters is 1. The van der Waals surface area contributed by atoms with Gasteiger partial charge in [0.25, 0.3) is 0 Å². The molecular weight excluding hydrogens is 260 g/mol. The van der Waals surface area contributed by atoms with E-state index in [-0.39, 0.29) is 5.97 Å². The Balaban J connectivity index is 2.90. The number of ether oxygens (including phenoxy) is 1. The van der Waals surface area contributed by atoms with Crippen molar-refractivity contribution in [2.45, 2.75) is 18.7 Å². The number of anilines is 1. The Morgan fingerprint density at radius 3 is 2.74 bits per heavy atom. The highest BCUT2D eigenvalue weighted by atomic mass is 32.2. The van der Waals surface area contributed by atoms with E-state index >= 15 is 0 Å². The molecule has 102 valence electrons. The number of carbonyl (C=O) groups excluding carboxylic acids is 1. The molecule has 1 aromatic rings. The smallest absolute Gasteiger partial charge is 0.313 e. The molecular formula is C14H18N2O2S. The molecule has 0 unspecified atom stereocenters. The molecule has 0 spiro atoms. The van der Waals surface area contributed by atoms with Gasteiger partial charge in [-0.1, -0.05) is 6.07 Å². The number of hydrogen-bond acceptors (Lipinski definition) is 5. The maximum atomic E-state index is 11.6. The Morgan fingerprint density at radius 1 is 1.53 bits per heavy atom. The van der Waals surface area contributed by atoms with E-state index in [0.717, 1.165) is 10.6 Å². The summed E-state index contributed by atoms with van der Waals surface area (Å²) in [6.07, 6.45) is 1.93. The molecule has 0 aliphatic carbocycles. The van der Waals surface area contributed by atoms with Crippen LogP contribution in [0, 0.1) is 16.7 Å². The molecule has 1 rings (SSSR count). The van der Waals surface area contributed by atoms with Crippen molar-refractivity contribution in [2.75, 3.05) is 25.2 Å². The van der Waals surface area contributed by atoms with Crippen molar-refractivity contribution in [3.8, 4) is 6.07 Å². The zero-order valence-electron chi connectivity index (χ0n) is 11.6. The van der Waals surface area contributed by atoms with Crippen molar-refractivity contribution in [3.63, 3.8) is 0 Å². The minimum absolute atomic E-state index is 0.278. The van der Waals surface area contributed by atoms with Crippen molar-refractivity contribution in [1.82, 2.24) is 0 Å². The molecule has 0 heterocycles. The highest BCUT2D eigenvalue weighted by Crippen LogP contribution is 2.27. The molecule has 0 bridgehead atoms. The summed E-state index contributed by atoms with van der Waals surface area (Å²) in [5.74, 6) is -0.278. The fourth-order valence-electron chi connectivity index (χ4n) is 1.63. The number of thioether (sulfide) groups is 1. The minimum atomic E-state index is -0.642. The van der Waals surface area contributed by atoms with E-state index in [1.54, 1.807) is 13.8 Å². The number of carbonyl (C=O) groups is 1. The van der Waals surface area contributed by atoms with E-state index < -0.39 is 5.41 Å². The second-order valence-corrected chi connectivity index (χ2v) is 5.57. The molecule has 19 heavy (non-hydrogen) atoms. The summed E-state index contributed by atoms with van der Waals surface area (Å²) >= 11 is 1.52. The van der Waals surface area contributed by atoms with Gasteiger partial charge >= 0.3 is 5.97 Å². The number of methoxy groups -OCH3 is 1. The van der Waals surface area contributed by atoms with Gasteiger partial charge in [0.05, 0.1) is 23.8 Å². The van der Waals surface area contributed by atoms with Gasteiger partial charge in [-0.3, -0.25) is 4.79 Å². The van der Waals surface area contributed by atoms with Crippen LogP contribution >= 0.6 is 11.8 Å². The first-order chi connectivity index (χ1) is 8.96. The van der Waals surface area contributed by atoms with E-state index in [1.165, 1.54) is 18.9 Å². The van der Waals surface area contributed by atoms with E-state index in [1.807, 2.05) is 24.5 Å². The van der Waals surface area contributed by atoms with Gasteiger partial charge in [0.2, 0.25) is 0 Å². The molecule has 0 atom stereocenters. The van der Waals surface area contributed by atoms with Crippen molar-refractivity contribution in [3.05, 3.63) is 23.8 Å². The zero-order valence-corrected chi connectivity index (χ0v) is 12.4. The Kier molecular flexibility index (Phi) is 5.25. The first-order valence-corrected chi connectivity index (χ1v) is 7.08. The lowest BCUT2D eigenvalue weighted by molar-refractivity contribution is -0.149. The summed E-state index contributed by atoms with van der Waals surface area (Å²) in [6.45, 7) is 4.01. The summed E-state index contributed by atoms with van der Waals surface area (Å²) in [7, 11) is 1.37. The third-order valence-electron chi connectivity index (χ3n) is 2.82. The first kappa shape index (κ1) is 15.4. The fourth-order valence-corrected chi connectivity index (χ4v) is 2.20. The summed E-state index contributed by atoms with van der Waals surface area (Å²) in [5, 5.41) is 12.4. The van der Waals surface area contributed by atoms with Crippen LogP contribution in [-0.2, 0) is 9.53 Å². The fraction of sp³-hybridized carbons (Fsp3) is 0.429. The predicted molar refractivity (Wildman–Crippen MR) is 77.2 cm³/mol. The van der Waals surface area contributed by atoms with Crippen LogP contribution < -0.4 is 5.32 Å². The van der Waals surface area contributed by atoms with Crippen LogP contribution in [0.15, 0.2) is 23.1 Å². The Morgan fingerprint density at radius 2 is 2.21 bits per heavy atom. The van der Waals surface area contributed by atoms with Crippen molar-refractivity contribution >= 4 is 23.4 Å². The number of hydrogen-bond donors (Lipinski definition) is 1. The molecule has 0 aliphatic rings. The number of benzene rings is 1. The lowest BCUT2D eigenvalue weighted by Crippen LogP contribution is -2.33. The monoisotopic (exact) mass is 278 g/mol. The average Bonchev–Trinajstić information content (AvgIpc) is 2.43. The van der Waals surface area contributed by atoms with Gasteiger partial charge in [-0.25, -0.2) is 0 Å². The minimum Gasteiger partial charge on any atom is -0.469 e. The third-order valence-corrected chi connectivity index (χ3v) is 3.60. The standard InChI is InChI=1S/C14H18N2O2S/c1-14(2,13(17)18-3)9-16-11-6-5-7-12(19-4)10(11)8-15/h5-7,16H,9H2,1-4H3. The van der Waals surface area contributed by atoms with E-state index in [9.17, 15) is 10.1 Å². The lowest BCUT2D eigenvalue weighted by atomic mass is 9.93. The van der Waals surface area contributed by atoms with Gasteiger partial charge in [-0.2, -0.15) is 5.26 Å². The third kappa shape index (κ3) is 3.65. The molecule has 0 aromatic heterocycles. The zero-order chi connectivity index (χ0) is 14.5. The molecule has 0 fully saturated rings. The highest BCUT2D eigenvalue weighted by molar-refractivity contribution is 7.98. The summed E-state index contributed by atoms with van der Waals surface area (Å²) in [6, 6.07) is 7.83. The Bertz CT molecular complexity index is 507. The Hall–Kier alpha value is -1.67. The molecule has 0 radical (unpaired) electrons. The number of rotatable bonds is 5. The molecule has 0 amide bonds. The van der Waals surface area contributed by atoms with Crippen LogP contribution in [0.2, 0.25) is 0 Å². The van der Waals surface area contributed by atoms with E-state index in [4.69, 9.17) is 4.74 Å². The van der Waals surface area contributed by atoms with Gasteiger partial charge in [0.15, 0.2) is 0 Å². The topological polar surface area (TPSA) is 62.1 Å². The molecule has 1 aromatic carbocycles. The number of nitriles is 1. The summed E-state index contributed by atoms with van der Waals surface area (Å²) in [4.78, 5) is 12.5. The van der Waals surface area contributed by atoms with Gasteiger partial charge < -0.3 is 10.1 Å². The average molecular weight is 278 g/mol. The maximum absolute atomic E-state index is 11.6. The molecule has 5 heteroatoms. The summed E-state index contributed by atoms with van der Waals surface area (Å²) in [5.41, 5.74) is 0.707. The van der Waals surface area contributed by atoms with Crippen molar-refractivity contribution in [2.24, 2.45) is 5.41 Å². The summed E-state index contributed by atoms with van der Waals surface area (Å²) < 4.78 is 4.76. The van der Waals surface area contributed by atoms with Crippen molar-refractivity contribution < 1.29 is 9.53 Å². The number of nitrogens with one attached hydrogen (secondary N) is 1. The predicted octanol–water partition coefficient (Wildman–Crippen LogP) is 2.89. The molecule has 1 N–H and O–H groups in total. The van der Waals surface area contributed by atoms with Crippen LogP contribution in [0.1, 0.15) is 19.4 Å². The maximum Gasteiger partial charge on any atom is 0.313 e. The van der Waals surface area contributed by atoms with E-state index in [2.05, 4.69) is 11.4 Å². The largest absolute Gasteiger partial charge is 0.469 e. The molecule has 0 saturated carbocycles. The second kappa shape index (κ2) is 6.48. The highest BCUT2D eigenvalue weighted by Gasteiger charge is 2.28. The molecule has 4 nitrogen and oxygen atoms in total. The van der Waals surface area contributed by atoms with Crippen LogP contribution in [-0.4, -0.2) is 25.9 Å². The Labute approximate surface area is 118 Å². The SMILES string of the molecule is COC(=O)C(C)(C)CNc1cccc(SC)c1C#N. The second-order valence-electron chi connectivity index (χ2n) is 4.72. The molecule has 0 aliphatic heterocycles. The van der Waals surface area contributed by atoms with Crippen LogP contribution in [0.5, 0.6) is 0 Å². The lowest BCUT2D eigenvalue weighted by Gasteiger charge is -2.23. The van der Waals surface area contributed by atoms with Gasteiger partial charge in [0, 0.05) is 11.4 Å². The normalized spacial score (nSPS) is 10.7. The van der Waals surface area contributed by atoms with Gasteiger partial charge in [0.1, 0.15) is 6.07 Å². The van der Waals surface area contributed by atoms with Crippen LogP contribution in [0.25, 0.3) is 0 Å². The van der Waals surface area contributed by atoms with Gasteiger partial charge in [-0.05, 0) is 32.2 Å². The van der Waals surface area contributed by atoms with Crippen molar-refractivity contribution in [1.29, 1.82) is 5.26 Å². The first-order valence-electron chi connectivity index (χ1n) is 5.85. The quantitative estimate of drug-likeness (QED) is 0.663. The molecule has 0 saturated heterocycles. The number of nitrogens with zero attached hydrogens (tertiary/aromatic N) is 1.